The van der Waals surface area contributed by atoms with Crippen LogP contribution < -0.4 is 0 Å². The van der Waals surface area contributed by atoms with Crippen LogP contribution in [0.1, 0.15) is 31.1 Å². The number of carbonyl (C=O) groups is 2. The Morgan fingerprint density at radius 3 is 2.71 bits per heavy atom. The zero-order valence-electron chi connectivity index (χ0n) is 12.2. The molecule has 0 unspecified atom stereocenters. The number of benzene rings is 1. The average molecular weight is 288 g/mol. The lowest BCUT2D eigenvalue weighted by atomic mass is 10.1. The Balaban J connectivity index is 2.06. The maximum Gasteiger partial charge on any atom is 0.349 e. The van der Waals surface area contributed by atoms with Gasteiger partial charge in [0.2, 0.25) is 0 Å². The maximum atomic E-state index is 12.6. The van der Waals surface area contributed by atoms with Crippen molar-refractivity contribution in [3.8, 4) is 0 Å². The van der Waals surface area contributed by atoms with E-state index in [4.69, 9.17) is 4.74 Å². The fourth-order valence-electron chi connectivity index (χ4n) is 2.35. The summed E-state index contributed by atoms with van der Waals surface area (Å²) >= 11 is 0. The van der Waals surface area contributed by atoms with Gasteiger partial charge in [0.05, 0.1) is 12.1 Å². The number of ketones is 1. The Morgan fingerprint density at radius 1 is 1.33 bits per heavy atom. The van der Waals surface area contributed by atoms with Crippen molar-refractivity contribution >= 4 is 22.8 Å². The van der Waals surface area contributed by atoms with Gasteiger partial charge in [0.15, 0.2) is 5.78 Å². The number of aromatic nitrogens is 3. The summed E-state index contributed by atoms with van der Waals surface area (Å²) in [5.41, 5.74) is 1.23. The number of Topliss-reactive ketones (excluding diaryl/α,β-unsaturated/α-hetero) is 1. The minimum absolute atomic E-state index is 0.0677. The number of hydrogen-bond acceptors (Lipinski definition) is 5. The number of hydrogen-bond donors (Lipinski definition) is 0. The maximum absolute atomic E-state index is 12.6. The zero-order valence-corrected chi connectivity index (χ0v) is 12.2. The molecule has 3 rings (SSSR count). The standard InChI is InChI=1S/C14H16N4O3/c1-9(19)10-4-5-11-12(6-10)18(16-15-11)13(20)17-8-21-7-14(17,2)3/h4-6H,7-8H2,1-3H3. The van der Waals surface area contributed by atoms with Crippen molar-refractivity contribution in [2.75, 3.05) is 13.3 Å². The van der Waals surface area contributed by atoms with Gasteiger partial charge >= 0.3 is 6.03 Å². The molecule has 0 aliphatic carbocycles. The van der Waals surface area contributed by atoms with Crippen molar-refractivity contribution in [3.05, 3.63) is 23.8 Å². The molecule has 0 bridgehead atoms. The van der Waals surface area contributed by atoms with Gasteiger partial charge in [0, 0.05) is 5.56 Å². The molecule has 1 aliphatic rings. The molecule has 0 N–H and O–H groups in total. The van der Waals surface area contributed by atoms with E-state index in [0.29, 0.717) is 23.2 Å². The first-order valence-corrected chi connectivity index (χ1v) is 6.66. The van der Waals surface area contributed by atoms with Crippen molar-refractivity contribution in [1.29, 1.82) is 0 Å². The molecular weight excluding hydrogens is 272 g/mol. The van der Waals surface area contributed by atoms with Crippen LogP contribution in [-0.4, -0.2) is 50.6 Å². The monoisotopic (exact) mass is 288 g/mol. The van der Waals surface area contributed by atoms with Crippen LogP contribution in [0.4, 0.5) is 4.79 Å². The minimum Gasteiger partial charge on any atom is -0.359 e. The van der Waals surface area contributed by atoms with Gasteiger partial charge in [-0.25, -0.2) is 4.79 Å². The van der Waals surface area contributed by atoms with E-state index in [1.54, 1.807) is 23.1 Å². The number of rotatable bonds is 1. The van der Waals surface area contributed by atoms with Crippen molar-refractivity contribution in [2.45, 2.75) is 26.3 Å². The van der Waals surface area contributed by atoms with Gasteiger partial charge in [-0.1, -0.05) is 5.21 Å². The quantitative estimate of drug-likeness (QED) is 0.746. The molecule has 0 spiro atoms. The molecule has 1 aromatic carbocycles. The van der Waals surface area contributed by atoms with Crippen LogP contribution in [0.2, 0.25) is 0 Å². The molecule has 0 saturated carbocycles. The summed E-state index contributed by atoms with van der Waals surface area (Å²) in [5.74, 6) is -0.0677. The highest BCUT2D eigenvalue weighted by Crippen LogP contribution is 2.23. The first-order chi connectivity index (χ1) is 9.90. The van der Waals surface area contributed by atoms with Crippen molar-refractivity contribution in [2.24, 2.45) is 0 Å². The first kappa shape index (κ1) is 13.7. The third-order valence-electron chi connectivity index (χ3n) is 3.67. The fourth-order valence-corrected chi connectivity index (χ4v) is 2.35. The van der Waals surface area contributed by atoms with E-state index in [1.165, 1.54) is 11.6 Å². The summed E-state index contributed by atoms with van der Waals surface area (Å²) < 4.78 is 6.58. The number of fused-ring (bicyclic) bond motifs is 1. The van der Waals surface area contributed by atoms with Crippen LogP contribution in [0.3, 0.4) is 0 Å². The highest BCUT2D eigenvalue weighted by Gasteiger charge is 2.38. The van der Waals surface area contributed by atoms with Crippen LogP contribution >= 0.6 is 0 Å². The van der Waals surface area contributed by atoms with E-state index in [2.05, 4.69) is 10.3 Å². The minimum atomic E-state index is -0.395. The van der Waals surface area contributed by atoms with Crippen LogP contribution in [-0.2, 0) is 4.74 Å². The second-order valence-electron chi connectivity index (χ2n) is 5.76. The molecule has 0 atom stereocenters. The first-order valence-electron chi connectivity index (χ1n) is 6.66. The van der Waals surface area contributed by atoms with Gasteiger partial charge < -0.3 is 4.74 Å². The lowest BCUT2D eigenvalue weighted by molar-refractivity contribution is 0.101. The molecule has 1 aliphatic heterocycles. The topological polar surface area (TPSA) is 77.3 Å². The highest BCUT2D eigenvalue weighted by atomic mass is 16.5. The van der Waals surface area contributed by atoms with Crippen molar-refractivity contribution in [1.82, 2.24) is 19.9 Å². The highest BCUT2D eigenvalue weighted by molar-refractivity contribution is 5.98. The third-order valence-corrected chi connectivity index (χ3v) is 3.67. The molecule has 1 fully saturated rings. The second kappa shape index (κ2) is 4.63. The van der Waals surface area contributed by atoms with Gasteiger partial charge in [-0.15, -0.1) is 5.10 Å². The van der Waals surface area contributed by atoms with Gasteiger partial charge in [-0.2, -0.15) is 4.68 Å². The normalized spacial score (nSPS) is 17.4. The molecule has 1 saturated heterocycles. The lowest BCUT2D eigenvalue weighted by Gasteiger charge is -2.28. The number of ether oxygens (including phenoxy) is 1. The largest absolute Gasteiger partial charge is 0.359 e. The molecule has 7 heteroatoms. The Bertz CT molecular complexity index is 735. The molecule has 0 radical (unpaired) electrons. The predicted molar refractivity (Wildman–Crippen MR) is 75.1 cm³/mol. The van der Waals surface area contributed by atoms with Crippen molar-refractivity contribution < 1.29 is 14.3 Å². The molecular formula is C14H16N4O3. The summed E-state index contributed by atoms with van der Waals surface area (Å²) in [6.07, 6.45) is 0. The van der Waals surface area contributed by atoms with Crippen molar-refractivity contribution in [3.63, 3.8) is 0 Å². The second-order valence-corrected chi connectivity index (χ2v) is 5.76. The molecule has 1 amide bonds. The van der Waals surface area contributed by atoms with E-state index in [9.17, 15) is 9.59 Å². The fraction of sp³-hybridized carbons (Fsp3) is 0.429. The summed E-state index contributed by atoms with van der Waals surface area (Å²) in [7, 11) is 0. The van der Waals surface area contributed by atoms with Gasteiger partial charge in [0.1, 0.15) is 17.8 Å². The Morgan fingerprint density at radius 2 is 2.10 bits per heavy atom. The van der Waals surface area contributed by atoms with E-state index < -0.39 is 5.54 Å². The van der Waals surface area contributed by atoms with E-state index in [0.717, 1.165) is 0 Å². The van der Waals surface area contributed by atoms with Gasteiger partial charge in [0.25, 0.3) is 0 Å². The molecule has 2 heterocycles. The summed E-state index contributed by atoms with van der Waals surface area (Å²) in [5, 5.41) is 7.89. The Kier molecular flexibility index (Phi) is 3.02. The van der Waals surface area contributed by atoms with Crippen LogP contribution in [0.5, 0.6) is 0 Å². The Hall–Kier alpha value is -2.28. The predicted octanol–water partition coefficient (Wildman–Crippen LogP) is 1.67. The molecule has 21 heavy (non-hydrogen) atoms. The molecule has 7 nitrogen and oxygen atoms in total. The van der Waals surface area contributed by atoms with Crippen LogP contribution in [0.25, 0.3) is 11.0 Å². The third kappa shape index (κ3) is 2.19. The molecule has 1 aromatic heterocycles. The van der Waals surface area contributed by atoms with Gasteiger partial charge in [-0.05, 0) is 39.0 Å². The average Bonchev–Trinajstić information content (AvgIpc) is 3.00. The summed E-state index contributed by atoms with van der Waals surface area (Å²) in [6, 6.07) is 4.70. The number of carbonyl (C=O) groups excluding carboxylic acids is 2. The van der Waals surface area contributed by atoms with E-state index in [-0.39, 0.29) is 18.5 Å². The summed E-state index contributed by atoms with van der Waals surface area (Å²) in [6.45, 7) is 6.04. The Labute approximate surface area is 121 Å². The lowest BCUT2D eigenvalue weighted by Crippen LogP contribution is -2.46. The SMILES string of the molecule is CC(=O)c1ccc2nnn(C(=O)N3COCC3(C)C)c2c1. The smallest absolute Gasteiger partial charge is 0.349 e. The van der Waals surface area contributed by atoms with Crippen LogP contribution in [0, 0.1) is 0 Å². The zero-order chi connectivity index (χ0) is 15.2. The molecule has 110 valence electrons. The van der Waals surface area contributed by atoms with Crippen LogP contribution in [0.15, 0.2) is 18.2 Å². The molecule has 2 aromatic rings. The van der Waals surface area contributed by atoms with E-state index >= 15 is 0 Å². The number of nitrogens with zero attached hydrogens (tertiary/aromatic N) is 4. The summed E-state index contributed by atoms with van der Waals surface area (Å²) in [4.78, 5) is 25.7. The van der Waals surface area contributed by atoms with E-state index in [1.807, 2.05) is 13.8 Å². The number of amides is 1. The van der Waals surface area contributed by atoms with Gasteiger partial charge in [-0.3, -0.25) is 9.69 Å².